The Balaban J connectivity index is 2.40. The lowest BCUT2D eigenvalue weighted by molar-refractivity contribution is -0.128. The summed E-state index contributed by atoms with van der Waals surface area (Å²) < 4.78 is 0. The fraction of sp³-hybridized carbons (Fsp3) is 0.909. The zero-order chi connectivity index (χ0) is 10.1. The van der Waals surface area contributed by atoms with E-state index < -0.39 is 0 Å². The van der Waals surface area contributed by atoms with Gasteiger partial charge < -0.3 is 5.32 Å². The Bertz CT molecular complexity index is 192. The van der Waals surface area contributed by atoms with E-state index in [1.807, 2.05) is 0 Å². The topological polar surface area (TPSA) is 29.1 Å². The summed E-state index contributed by atoms with van der Waals surface area (Å²) in [4.78, 5) is 11.8. The van der Waals surface area contributed by atoms with Crippen molar-refractivity contribution in [2.45, 2.75) is 40.5 Å². The zero-order valence-corrected chi connectivity index (χ0v) is 9.18. The van der Waals surface area contributed by atoms with Crippen molar-refractivity contribution in [1.82, 2.24) is 5.32 Å². The van der Waals surface area contributed by atoms with Gasteiger partial charge in [-0.2, -0.15) is 0 Å². The summed E-state index contributed by atoms with van der Waals surface area (Å²) >= 11 is 0. The average molecular weight is 183 g/mol. The molecule has 0 unspecified atom stereocenters. The van der Waals surface area contributed by atoms with Gasteiger partial charge in [-0.1, -0.05) is 27.7 Å². The second-order valence-electron chi connectivity index (χ2n) is 4.91. The van der Waals surface area contributed by atoms with Crippen LogP contribution >= 0.6 is 0 Å². The third-order valence-corrected chi connectivity index (χ3v) is 3.02. The maximum atomic E-state index is 11.8. The maximum absolute atomic E-state index is 11.8. The Morgan fingerprint density at radius 1 is 1.31 bits per heavy atom. The lowest BCUT2D eigenvalue weighted by atomic mass is 9.91. The van der Waals surface area contributed by atoms with Crippen molar-refractivity contribution in [3.8, 4) is 0 Å². The van der Waals surface area contributed by atoms with Gasteiger partial charge in [0.2, 0.25) is 5.91 Å². The second-order valence-corrected chi connectivity index (χ2v) is 4.91. The smallest absolute Gasteiger partial charge is 0.226 e. The predicted octanol–water partition coefficient (Wildman–Crippen LogP) is 2.19. The van der Waals surface area contributed by atoms with Crippen molar-refractivity contribution in [2.24, 2.45) is 17.3 Å². The largest absolute Gasteiger partial charge is 0.355 e. The molecule has 0 spiro atoms. The van der Waals surface area contributed by atoms with E-state index in [9.17, 15) is 4.79 Å². The van der Waals surface area contributed by atoms with E-state index >= 15 is 0 Å². The van der Waals surface area contributed by atoms with Gasteiger partial charge in [-0.15, -0.1) is 0 Å². The minimum absolute atomic E-state index is 0.00507. The van der Waals surface area contributed by atoms with Crippen molar-refractivity contribution in [3.63, 3.8) is 0 Å². The normalized spacial score (nSPS) is 19.2. The van der Waals surface area contributed by atoms with Crippen LogP contribution in [0.15, 0.2) is 0 Å². The van der Waals surface area contributed by atoms with Gasteiger partial charge in [-0.3, -0.25) is 4.79 Å². The Morgan fingerprint density at radius 3 is 2.15 bits per heavy atom. The van der Waals surface area contributed by atoms with Gasteiger partial charge in [0.25, 0.3) is 0 Å². The van der Waals surface area contributed by atoms with Crippen LogP contribution in [0.4, 0.5) is 0 Å². The molecule has 0 aromatic heterocycles. The molecule has 13 heavy (non-hydrogen) atoms. The first-order chi connectivity index (χ1) is 5.99. The van der Waals surface area contributed by atoms with Crippen LogP contribution in [0.5, 0.6) is 0 Å². The second kappa shape index (κ2) is 3.69. The van der Waals surface area contributed by atoms with E-state index in [0.717, 1.165) is 19.4 Å². The number of nitrogens with one attached hydrogen (secondary N) is 1. The van der Waals surface area contributed by atoms with Crippen LogP contribution in [0.3, 0.4) is 0 Å². The predicted molar refractivity (Wildman–Crippen MR) is 54.4 cm³/mol. The standard InChI is InChI=1S/C11H21NO/c1-8(2)7-12-10(13)11(5-6-11)9(3)4/h8-9H,5-7H2,1-4H3,(H,12,13). The van der Waals surface area contributed by atoms with E-state index in [-0.39, 0.29) is 11.3 Å². The number of rotatable bonds is 4. The summed E-state index contributed by atoms with van der Waals surface area (Å²) in [5.41, 5.74) is -0.00507. The Hall–Kier alpha value is -0.530. The molecule has 1 aliphatic rings. The van der Waals surface area contributed by atoms with Crippen molar-refractivity contribution in [3.05, 3.63) is 0 Å². The van der Waals surface area contributed by atoms with Gasteiger partial charge >= 0.3 is 0 Å². The molecule has 1 rings (SSSR count). The minimum Gasteiger partial charge on any atom is -0.355 e. The highest BCUT2D eigenvalue weighted by molar-refractivity contribution is 5.85. The highest BCUT2D eigenvalue weighted by Crippen LogP contribution is 2.51. The summed E-state index contributed by atoms with van der Waals surface area (Å²) in [6.07, 6.45) is 2.16. The van der Waals surface area contributed by atoms with E-state index in [1.54, 1.807) is 0 Å². The zero-order valence-electron chi connectivity index (χ0n) is 9.18. The molecule has 1 amide bonds. The van der Waals surface area contributed by atoms with Crippen molar-refractivity contribution in [2.75, 3.05) is 6.54 Å². The van der Waals surface area contributed by atoms with E-state index in [1.165, 1.54) is 0 Å². The summed E-state index contributed by atoms with van der Waals surface area (Å²) in [6, 6.07) is 0. The maximum Gasteiger partial charge on any atom is 0.226 e. The number of carbonyl (C=O) groups excluding carboxylic acids is 1. The van der Waals surface area contributed by atoms with Crippen LogP contribution in [-0.4, -0.2) is 12.5 Å². The van der Waals surface area contributed by atoms with Crippen LogP contribution in [-0.2, 0) is 4.79 Å². The van der Waals surface area contributed by atoms with Gasteiger partial charge in [-0.05, 0) is 24.7 Å². The van der Waals surface area contributed by atoms with Gasteiger partial charge in [0.1, 0.15) is 0 Å². The SMILES string of the molecule is CC(C)CNC(=O)C1(C(C)C)CC1. The highest BCUT2D eigenvalue weighted by atomic mass is 16.2. The molecule has 0 saturated heterocycles. The summed E-state index contributed by atoms with van der Waals surface area (Å²) in [6.45, 7) is 9.33. The van der Waals surface area contributed by atoms with Gasteiger partial charge in [0, 0.05) is 6.54 Å². The monoisotopic (exact) mass is 183 g/mol. The fourth-order valence-corrected chi connectivity index (χ4v) is 1.67. The Labute approximate surface area is 81.1 Å². The molecule has 0 heterocycles. The molecule has 0 radical (unpaired) electrons. The summed E-state index contributed by atoms with van der Waals surface area (Å²) in [7, 11) is 0. The molecule has 1 aliphatic carbocycles. The van der Waals surface area contributed by atoms with Crippen LogP contribution < -0.4 is 5.32 Å². The quantitative estimate of drug-likeness (QED) is 0.711. The average Bonchev–Trinajstić information content (AvgIpc) is 2.79. The third-order valence-electron chi connectivity index (χ3n) is 3.02. The first kappa shape index (κ1) is 10.6. The highest BCUT2D eigenvalue weighted by Gasteiger charge is 2.51. The minimum atomic E-state index is -0.00507. The lowest BCUT2D eigenvalue weighted by Crippen LogP contribution is -2.36. The molecule has 0 aromatic carbocycles. The summed E-state index contributed by atoms with van der Waals surface area (Å²) in [5, 5.41) is 3.03. The Kier molecular flexibility index (Phi) is 2.99. The number of carbonyl (C=O) groups is 1. The first-order valence-electron chi connectivity index (χ1n) is 5.27. The molecule has 1 N–H and O–H groups in total. The molecule has 2 nitrogen and oxygen atoms in total. The van der Waals surface area contributed by atoms with Crippen LogP contribution in [0.25, 0.3) is 0 Å². The Morgan fingerprint density at radius 2 is 1.85 bits per heavy atom. The van der Waals surface area contributed by atoms with Gasteiger partial charge in [0.15, 0.2) is 0 Å². The third kappa shape index (κ3) is 2.23. The summed E-state index contributed by atoms with van der Waals surface area (Å²) in [5.74, 6) is 1.31. The molecular weight excluding hydrogens is 162 g/mol. The molecule has 1 saturated carbocycles. The van der Waals surface area contributed by atoms with E-state index in [2.05, 4.69) is 33.0 Å². The van der Waals surface area contributed by atoms with Crippen molar-refractivity contribution < 1.29 is 4.79 Å². The molecule has 0 atom stereocenters. The number of amides is 1. The number of hydrogen-bond donors (Lipinski definition) is 1. The lowest BCUT2D eigenvalue weighted by Gasteiger charge is -2.19. The molecule has 76 valence electrons. The van der Waals surface area contributed by atoms with Crippen molar-refractivity contribution >= 4 is 5.91 Å². The van der Waals surface area contributed by atoms with Crippen LogP contribution in [0, 0.1) is 17.3 Å². The molecule has 0 bridgehead atoms. The van der Waals surface area contributed by atoms with E-state index in [4.69, 9.17) is 0 Å². The molecule has 0 aromatic rings. The van der Waals surface area contributed by atoms with Gasteiger partial charge in [0.05, 0.1) is 5.41 Å². The van der Waals surface area contributed by atoms with E-state index in [0.29, 0.717) is 11.8 Å². The van der Waals surface area contributed by atoms with Crippen LogP contribution in [0.2, 0.25) is 0 Å². The molecule has 2 heteroatoms. The first-order valence-corrected chi connectivity index (χ1v) is 5.27. The molecule has 1 fully saturated rings. The van der Waals surface area contributed by atoms with Crippen molar-refractivity contribution in [1.29, 1.82) is 0 Å². The molecule has 0 aliphatic heterocycles. The van der Waals surface area contributed by atoms with Gasteiger partial charge in [-0.25, -0.2) is 0 Å². The van der Waals surface area contributed by atoms with Crippen LogP contribution in [0.1, 0.15) is 40.5 Å². The molecular formula is C11H21NO. The fourth-order valence-electron chi connectivity index (χ4n) is 1.67. The number of hydrogen-bond acceptors (Lipinski definition) is 1.